The molecule has 2 heterocycles. The van der Waals surface area contributed by atoms with Gasteiger partial charge in [-0.1, -0.05) is 30.3 Å². The molecule has 2 saturated heterocycles. The third-order valence-electron chi connectivity index (χ3n) is 5.37. The number of piperidine rings is 1. The van der Waals surface area contributed by atoms with E-state index in [1.54, 1.807) is 7.11 Å². The summed E-state index contributed by atoms with van der Waals surface area (Å²) in [5.74, 6) is 0.605. The van der Waals surface area contributed by atoms with E-state index in [1.807, 2.05) is 0 Å². The number of rotatable bonds is 5. The molecular weight excluding hydrogens is 274 g/mol. The third kappa shape index (κ3) is 2.89. The smallest absolute Gasteiger partial charge is 0.0866 e. The summed E-state index contributed by atoms with van der Waals surface area (Å²) in [6.07, 6.45) is 1.15. The molecule has 1 aromatic rings. The molecule has 118 valence electrons. The largest absolute Gasteiger partial charge is 0.383 e. The zero-order valence-corrected chi connectivity index (χ0v) is 13.4. The van der Waals surface area contributed by atoms with Crippen LogP contribution in [0.15, 0.2) is 30.3 Å². The molecule has 0 N–H and O–H groups in total. The van der Waals surface area contributed by atoms with Gasteiger partial charge in [0.2, 0.25) is 0 Å². The van der Waals surface area contributed by atoms with Crippen LogP contribution in [0.3, 0.4) is 0 Å². The molecular formula is C18H25N3O. The van der Waals surface area contributed by atoms with Crippen LogP contribution in [0.25, 0.3) is 0 Å². The maximum Gasteiger partial charge on any atom is 0.0866 e. The second-order valence-corrected chi connectivity index (χ2v) is 6.59. The quantitative estimate of drug-likeness (QED) is 0.776. The summed E-state index contributed by atoms with van der Waals surface area (Å²) in [5, 5.41) is 8.99. The minimum Gasteiger partial charge on any atom is -0.383 e. The SMILES string of the molecule is COCCN1C[C@H]2CN(CC#N)CC[C@@]2(c2ccccc2)C1. The van der Waals surface area contributed by atoms with E-state index < -0.39 is 0 Å². The number of hydrogen-bond donors (Lipinski definition) is 0. The van der Waals surface area contributed by atoms with E-state index in [0.29, 0.717) is 12.5 Å². The highest BCUT2D eigenvalue weighted by atomic mass is 16.5. The summed E-state index contributed by atoms with van der Waals surface area (Å²) in [5.41, 5.74) is 1.72. The Hall–Kier alpha value is -1.41. The Labute approximate surface area is 133 Å². The third-order valence-corrected chi connectivity index (χ3v) is 5.37. The van der Waals surface area contributed by atoms with E-state index in [1.165, 1.54) is 5.56 Å². The lowest BCUT2D eigenvalue weighted by molar-refractivity contribution is 0.135. The van der Waals surface area contributed by atoms with Gasteiger partial charge in [0.1, 0.15) is 0 Å². The fourth-order valence-electron chi connectivity index (χ4n) is 4.23. The van der Waals surface area contributed by atoms with E-state index in [0.717, 1.165) is 45.8 Å². The first kappa shape index (κ1) is 15.5. The van der Waals surface area contributed by atoms with Crippen LogP contribution in [0.2, 0.25) is 0 Å². The summed E-state index contributed by atoms with van der Waals surface area (Å²) in [4.78, 5) is 4.85. The van der Waals surface area contributed by atoms with Crippen LogP contribution < -0.4 is 0 Å². The number of nitrogens with zero attached hydrogens (tertiary/aromatic N) is 3. The molecule has 2 fully saturated rings. The molecule has 0 spiro atoms. The highest BCUT2D eigenvalue weighted by Crippen LogP contribution is 2.45. The van der Waals surface area contributed by atoms with E-state index in [2.05, 4.69) is 46.2 Å². The average Bonchev–Trinajstić information content (AvgIpc) is 2.93. The topological polar surface area (TPSA) is 39.5 Å². The fraction of sp³-hybridized carbons (Fsp3) is 0.611. The lowest BCUT2D eigenvalue weighted by Gasteiger charge is -2.43. The van der Waals surface area contributed by atoms with Crippen molar-refractivity contribution < 1.29 is 4.74 Å². The summed E-state index contributed by atoms with van der Waals surface area (Å²) in [7, 11) is 1.77. The minimum absolute atomic E-state index is 0.251. The van der Waals surface area contributed by atoms with Crippen molar-refractivity contribution in [3.05, 3.63) is 35.9 Å². The molecule has 0 radical (unpaired) electrons. The van der Waals surface area contributed by atoms with Crippen molar-refractivity contribution in [2.75, 3.05) is 53.0 Å². The lowest BCUT2D eigenvalue weighted by Crippen LogP contribution is -2.49. The molecule has 0 amide bonds. The molecule has 2 aliphatic rings. The molecule has 2 atom stereocenters. The van der Waals surface area contributed by atoms with Crippen molar-refractivity contribution >= 4 is 0 Å². The lowest BCUT2D eigenvalue weighted by atomic mass is 9.68. The highest BCUT2D eigenvalue weighted by Gasteiger charge is 2.49. The van der Waals surface area contributed by atoms with Gasteiger partial charge in [-0.3, -0.25) is 9.80 Å². The fourth-order valence-corrected chi connectivity index (χ4v) is 4.23. The Bertz CT molecular complexity index is 527. The predicted octanol–water partition coefficient (Wildman–Crippen LogP) is 1.73. The van der Waals surface area contributed by atoms with E-state index >= 15 is 0 Å². The van der Waals surface area contributed by atoms with E-state index in [9.17, 15) is 0 Å². The molecule has 0 aromatic heterocycles. The Balaban J connectivity index is 1.82. The zero-order chi connectivity index (χ0) is 15.4. The minimum atomic E-state index is 0.251. The van der Waals surface area contributed by atoms with Crippen LogP contribution in [0.4, 0.5) is 0 Å². The van der Waals surface area contributed by atoms with Gasteiger partial charge in [0.25, 0.3) is 0 Å². The second kappa shape index (κ2) is 6.78. The van der Waals surface area contributed by atoms with Gasteiger partial charge in [-0.15, -0.1) is 0 Å². The number of benzene rings is 1. The van der Waals surface area contributed by atoms with Gasteiger partial charge in [-0.25, -0.2) is 0 Å². The van der Waals surface area contributed by atoms with Crippen LogP contribution in [0, 0.1) is 17.2 Å². The van der Waals surface area contributed by atoms with Crippen LogP contribution in [0.1, 0.15) is 12.0 Å². The first-order valence-electron chi connectivity index (χ1n) is 8.14. The van der Waals surface area contributed by atoms with Gasteiger partial charge in [0, 0.05) is 45.2 Å². The predicted molar refractivity (Wildman–Crippen MR) is 86.6 cm³/mol. The number of ether oxygens (including phenoxy) is 1. The maximum absolute atomic E-state index is 8.99. The first-order valence-corrected chi connectivity index (χ1v) is 8.14. The number of hydrogen-bond acceptors (Lipinski definition) is 4. The molecule has 0 aliphatic carbocycles. The molecule has 4 heteroatoms. The Morgan fingerprint density at radius 3 is 2.77 bits per heavy atom. The van der Waals surface area contributed by atoms with Crippen LogP contribution >= 0.6 is 0 Å². The van der Waals surface area contributed by atoms with Gasteiger partial charge in [-0.05, 0) is 17.9 Å². The average molecular weight is 299 g/mol. The highest BCUT2D eigenvalue weighted by molar-refractivity contribution is 5.30. The Morgan fingerprint density at radius 1 is 1.27 bits per heavy atom. The number of methoxy groups -OCH3 is 1. The van der Waals surface area contributed by atoms with Gasteiger partial charge in [0.05, 0.1) is 19.2 Å². The van der Waals surface area contributed by atoms with Crippen molar-refractivity contribution in [1.82, 2.24) is 9.80 Å². The van der Waals surface area contributed by atoms with Crippen LogP contribution in [-0.4, -0.2) is 62.8 Å². The molecule has 22 heavy (non-hydrogen) atoms. The second-order valence-electron chi connectivity index (χ2n) is 6.59. The standard InChI is InChI=1S/C18H25N3O/c1-22-12-11-21-14-17-13-20(10-8-19)9-7-18(17,15-21)16-5-3-2-4-6-16/h2-6,17H,7,9-15H2,1H3/t17-,18+/m1/s1. The summed E-state index contributed by atoms with van der Waals surface area (Å²) in [6, 6.07) is 13.3. The van der Waals surface area contributed by atoms with E-state index in [4.69, 9.17) is 10.00 Å². The van der Waals surface area contributed by atoms with Gasteiger partial charge in [0.15, 0.2) is 0 Å². The van der Waals surface area contributed by atoms with Crippen molar-refractivity contribution in [2.45, 2.75) is 11.8 Å². The molecule has 0 saturated carbocycles. The first-order chi connectivity index (χ1) is 10.8. The maximum atomic E-state index is 8.99. The molecule has 0 bridgehead atoms. The van der Waals surface area contributed by atoms with Crippen LogP contribution in [0.5, 0.6) is 0 Å². The molecule has 4 nitrogen and oxygen atoms in total. The normalized spacial score (nSPS) is 29.2. The van der Waals surface area contributed by atoms with Crippen molar-refractivity contribution in [3.63, 3.8) is 0 Å². The van der Waals surface area contributed by atoms with E-state index in [-0.39, 0.29) is 5.41 Å². The van der Waals surface area contributed by atoms with Crippen molar-refractivity contribution in [3.8, 4) is 6.07 Å². The van der Waals surface area contributed by atoms with Crippen LogP contribution in [-0.2, 0) is 10.2 Å². The van der Waals surface area contributed by atoms with Gasteiger partial charge in [-0.2, -0.15) is 5.26 Å². The monoisotopic (exact) mass is 299 g/mol. The Morgan fingerprint density at radius 2 is 2.05 bits per heavy atom. The summed E-state index contributed by atoms with van der Waals surface area (Å²) >= 11 is 0. The molecule has 2 aliphatic heterocycles. The zero-order valence-electron chi connectivity index (χ0n) is 13.4. The van der Waals surface area contributed by atoms with Gasteiger partial charge >= 0.3 is 0 Å². The number of fused-ring (bicyclic) bond motifs is 1. The van der Waals surface area contributed by atoms with Gasteiger partial charge < -0.3 is 4.74 Å². The molecule has 0 unspecified atom stereocenters. The van der Waals surface area contributed by atoms with Crippen molar-refractivity contribution in [2.24, 2.45) is 5.92 Å². The Kier molecular flexibility index (Phi) is 4.77. The summed E-state index contributed by atoms with van der Waals surface area (Å²) < 4.78 is 5.26. The summed E-state index contributed by atoms with van der Waals surface area (Å²) in [6.45, 7) is 6.63. The molecule has 1 aromatic carbocycles. The number of likely N-dealkylation sites (tertiary alicyclic amines) is 2. The van der Waals surface area contributed by atoms with Crippen molar-refractivity contribution in [1.29, 1.82) is 5.26 Å². The number of nitriles is 1. The molecule has 3 rings (SSSR count).